The van der Waals surface area contributed by atoms with Gasteiger partial charge in [0.2, 0.25) is 0 Å². The molecule has 0 heterocycles. The molecule has 7 nitrogen and oxygen atoms in total. The standard InChI is InChI=1S/C12H27NO4.2CH4O/c1-6-12(8-15)13(9(2)7-14)10(3)11(4)17-16-5;2*1-2/h9-12,14-15H,6-8H2,1-5H3;2*2H,1H3. The van der Waals surface area contributed by atoms with E-state index in [1.165, 1.54) is 7.11 Å². The van der Waals surface area contributed by atoms with Crippen LogP contribution in [0.2, 0.25) is 0 Å². The van der Waals surface area contributed by atoms with Crippen molar-refractivity contribution in [1.82, 2.24) is 4.90 Å². The molecular formula is C14H35NO6. The molecular weight excluding hydrogens is 278 g/mol. The zero-order valence-corrected chi connectivity index (χ0v) is 14.5. The molecule has 0 saturated heterocycles. The normalized spacial score (nSPS) is 16.0. The van der Waals surface area contributed by atoms with Crippen LogP contribution in [-0.4, -0.2) is 84.1 Å². The summed E-state index contributed by atoms with van der Waals surface area (Å²) < 4.78 is 0. The van der Waals surface area contributed by atoms with Crippen LogP contribution in [0.3, 0.4) is 0 Å². The number of rotatable bonds is 9. The largest absolute Gasteiger partial charge is 0.400 e. The third-order valence-corrected chi connectivity index (χ3v) is 3.27. The predicted molar refractivity (Wildman–Crippen MR) is 82.9 cm³/mol. The van der Waals surface area contributed by atoms with Crippen LogP contribution in [-0.2, 0) is 9.78 Å². The van der Waals surface area contributed by atoms with Gasteiger partial charge in [0.1, 0.15) is 6.10 Å². The summed E-state index contributed by atoms with van der Waals surface area (Å²) in [6.45, 7) is 8.01. The molecule has 0 radical (unpaired) electrons. The molecule has 0 aromatic rings. The Morgan fingerprint density at radius 1 is 0.952 bits per heavy atom. The quantitative estimate of drug-likeness (QED) is 0.351. The summed E-state index contributed by atoms with van der Waals surface area (Å²) in [6, 6.07) is 0.0502. The lowest BCUT2D eigenvalue weighted by molar-refractivity contribution is -0.312. The van der Waals surface area contributed by atoms with E-state index in [1.54, 1.807) is 0 Å². The maximum Gasteiger partial charge on any atom is 0.105 e. The van der Waals surface area contributed by atoms with Crippen LogP contribution in [0, 0.1) is 0 Å². The maximum absolute atomic E-state index is 9.41. The van der Waals surface area contributed by atoms with Gasteiger partial charge < -0.3 is 20.4 Å². The van der Waals surface area contributed by atoms with Crippen LogP contribution < -0.4 is 0 Å². The molecule has 0 aromatic heterocycles. The first-order chi connectivity index (χ1) is 10.0. The fourth-order valence-corrected chi connectivity index (χ4v) is 2.10. The minimum Gasteiger partial charge on any atom is -0.400 e. The highest BCUT2D eigenvalue weighted by Crippen LogP contribution is 2.17. The average molecular weight is 313 g/mol. The lowest BCUT2D eigenvalue weighted by Crippen LogP contribution is -2.54. The highest BCUT2D eigenvalue weighted by Gasteiger charge is 2.30. The van der Waals surface area contributed by atoms with E-state index in [0.29, 0.717) is 0 Å². The highest BCUT2D eigenvalue weighted by atomic mass is 17.2. The minimum atomic E-state index is -0.130. The van der Waals surface area contributed by atoms with E-state index >= 15 is 0 Å². The van der Waals surface area contributed by atoms with E-state index in [-0.39, 0.29) is 37.4 Å². The molecule has 7 heteroatoms. The lowest BCUT2D eigenvalue weighted by Gasteiger charge is -2.40. The summed E-state index contributed by atoms with van der Waals surface area (Å²) in [5, 5.41) is 32.7. The van der Waals surface area contributed by atoms with Crippen molar-refractivity contribution < 1.29 is 30.2 Å². The monoisotopic (exact) mass is 313 g/mol. The van der Waals surface area contributed by atoms with Gasteiger partial charge in [0.05, 0.1) is 20.3 Å². The Balaban J connectivity index is -0.000000739. The van der Waals surface area contributed by atoms with Crippen molar-refractivity contribution in [3.05, 3.63) is 0 Å². The zero-order valence-electron chi connectivity index (χ0n) is 14.5. The summed E-state index contributed by atoms with van der Waals surface area (Å²) in [6.07, 6.45) is 0.694. The minimum absolute atomic E-state index is 0.0231. The second-order valence-corrected chi connectivity index (χ2v) is 4.43. The smallest absolute Gasteiger partial charge is 0.105 e. The number of aliphatic hydroxyl groups excluding tert-OH is 4. The number of hydrogen-bond acceptors (Lipinski definition) is 7. The molecule has 132 valence electrons. The molecule has 0 fully saturated rings. The Bertz CT molecular complexity index is 192. The van der Waals surface area contributed by atoms with E-state index < -0.39 is 0 Å². The van der Waals surface area contributed by atoms with E-state index in [4.69, 9.17) is 15.1 Å². The molecule has 0 aliphatic rings. The van der Waals surface area contributed by atoms with Gasteiger partial charge in [-0.1, -0.05) is 6.92 Å². The maximum atomic E-state index is 9.41. The third kappa shape index (κ3) is 10.1. The molecule has 4 atom stereocenters. The molecule has 0 amide bonds. The van der Waals surface area contributed by atoms with E-state index in [2.05, 4.69) is 9.79 Å². The first kappa shape index (κ1) is 25.7. The van der Waals surface area contributed by atoms with Crippen LogP contribution in [0.25, 0.3) is 0 Å². The van der Waals surface area contributed by atoms with Gasteiger partial charge in [-0.25, -0.2) is 9.78 Å². The highest BCUT2D eigenvalue weighted by molar-refractivity contribution is 4.83. The second kappa shape index (κ2) is 17.8. The number of aliphatic hydroxyl groups is 4. The number of nitrogens with zero attached hydrogens (tertiary/aromatic N) is 1. The molecule has 0 saturated carbocycles. The van der Waals surface area contributed by atoms with Crippen molar-refractivity contribution in [3.63, 3.8) is 0 Å². The van der Waals surface area contributed by atoms with Gasteiger partial charge in [-0.15, -0.1) is 0 Å². The fourth-order valence-electron chi connectivity index (χ4n) is 2.10. The van der Waals surface area contributed by atoms with Crippen molar-refractivity contribution in [2.75, 3.05) is 34.5 Å². The predicted octanol–water partition coefficient (Wildman–Crippen LogP) is 0.0121. The molecule has 0 aliphatic heterocycles. The Kier molecular flexibility index (Phi) is 21.7. The van der Waals surface area contributed by atoms with Gasteiger partial charge in [0.15, 0.2) is 0 Å². The van der Waals surface area contributed by atoms with Crippen LogP contribution >= 0.6 is 0 Å². The van der Waals surface area contributed by atoms with Gasteiger partial charge in [0, 0.05) is 32.3 Å². The summed E-state index contributed by atoms with van der Waals surface area (Å²) in [5.74, 6) is 0. The number of hydrogen-bond donors (Lipinski definition) is 4. The van der Waals surface area contributed by atoms with Crippen molar-refractivity contribution in [2.24, 2.45) is 0 Å². The summed E-state index contributed by atoms with van der Waals surface area (Å²) >= 11 is 0. The Morgan fingerprint density at radius 2 is 1.43 bits per heavy atom. The molecule has 21 heavy (non-hydrogen) atoms. The van der Waals surface area contributed by atoms with Crippen molar-refractivity contribution >= 4 is 0 Å². The van der Waals surface area contributed by atoms with Gasteiger partial charge in [-0.3, -0.25) is 4.90 Å². The fraction of sp³-hybridized carbons (Fsp3) is 1.00. The van der Waals surface area contributed by atoms with Crippen molar-refractivity contribution in [3.8, 4) is 0 Å². The van der Waals surface area contributed by atoms with Crippen molar-refractivity contribution in [1.29, 1.82) is 0 Å². The van der Waals surface area contributed by atoms with E-state index in [0.717, 1.165) is 20.6 Å². The lowest BCUT2D eigenvalue weighted by atomic mass is 10.0. The van der Waals surface area contributed by atoms with Gasteiger partial charge >= 0.3 is 0 Å². The van der Waals surface area contributed by atoms with E-state index in [1.807, 2.05) is 27.7 Å². The first-order valence-electron chi connectivity index (χ1n) is 7.11. The third-order valence-electron chi connectivity index (χ3n) is 3.27. The summed E-state index contributed by atoms with van der Waals surface area (Å²) in [4.78, 5) is 11.9. The zero-order chi connectivity index (χ0) is 17.4. The van der Waals surface area contributed by atoms with Gasteiger partial charge in [-0.2, -0.15) is 0 Å². The topological polar surface area (TPSA) is 103 Å². The van der Waals surface area contributed by atoms with Crippen molar-refractivity contribution in [2.45, 2.75) is 58.3 Å². The Morgan fingerprint density at radius 3 is 1.71 bits per heavy atom. The average Bonchev–Trinajstić information content (AvgIpc) is 2.55. The SMILES string of the molecule is CCC(CO)N(C(C)CO)C(C)C(C)OOC.CO.CO. The molecule has 0 spiro atoms. The van der Waals surface area contributed by atoms with Crippen LogP contribution in [0.1, 0.15) is 34.1 Å². The molecule has 0 aliphatic carbocycles. The first-order valence-corrected chi connectivity index (χ1v) is 7.11. The van der Waals surface area contributed by atoms with Crippen LogP contribution in [0.4, 0.5) is 0 Å². The Labute approximate surface area is 129 Å². The molecule has 0 bridgehead atoms. The van der Waals surface area contributed by atoms with Crippen LogP contribution in [0.5, 0.6) is 0 Å². The second-order valence-electron chi connectivity index (χ2n) is 4.43. The molecule has 0 aromatic carbocycles. The molecule has 0 rings (SSSR count). The Hall–Kier alpha value is -0.280. The van der Waals surface area contributed by atoms with Gasteiger partial charge in [0.25, 0.3) is 0 Å². The van der Waals surface area contributed by atoms with Crippen LogP contribution in [0.15, 0.2) is 0 Å². The summed E-state index contributed by atoms with van der Waals surface area (Å²) in [7, 11) is 3.48. The van der Waals surface area contributed by atoms with Gasteiger partial charge in [-0.05, 0) is 27.2 Å². The summed E-state index contributed by atoms with van der Waals surface area (Å²) in [5.41, 5.74) is 0. The molecule has 4 unspecified atom stereocenters. The molecule has 4 N–H and O–H groups in total. The van der Waals surface area contributed by atoms with E-state index in [9.17, 15) is 10.2 Å².